The van der Waals surface area contributed by atoms with Gasteiger partial charge in [0.15, 0.2) is 0 Å². The van der Waals surface area contributed by atoms with Gasteiger partial charge in [0.05, 0.1) is 12.1 Å². The lowest BCUT2D eigenvalue weighted by Crippen LogP contribution is -2.06. The van der Waals surface area contributed by atoms with E-state index < -0.39 is 0 Å². The summed E-state index contributed by atoms with van der Waals surface area (Å²) in [5.41, 5.74) is 5.76. The Bertz CT molecular complexity index is 219. The topological polar surface area (TPSA) is 56.7 Å². The SMILES string of the molecule is CC1CC(N)c2ncnn21. The molecule has 0 aromatic carbocycles. The third kappa shape index (κ3) is 0.593. The smallest absolute Gasteiger partial charge is 0.144 e. The van der Waals surface area contributed by atoms with E-state index in [0.717, 1.165) is 12.2 Å². The lowest BCUT2D eigenvalue weighted by molar-refractivity contribution is 0.507. The van der Waals surface area contributed by atoms with Crippen LogP contribution in [0.4, 0.5) is 0 Å². The number of fused-ring (bicyclic) bond motifs is 1. The largest absolute Gasteiger partial charge is 0.321 e. The Morgan fingerprint density at radius 3 is 3.30 bits per heavy atom. The summed E-state index contributed by atoms with van der Waals surface area (Å²) in [4.78, 5) is 4.06. The summed E-state index contributed by atoms with van der Waals surface area (Å²) in [6.45, 7) is 2.10. The molecule has 2 N–H and O–H groups in total. The molecule has 54 valence electrons. The van der Waals surface area contributed by atoms with Gasteiger partial charge in [-0.25, -0.2) is 9.67 Å². The van der Waals surface area contributed by atoms with Gasteiger partial charge in [0.2, 0.25) is 0 Å². The Morgan fingerprint density at radius 2 is 2.60 bits per heavy atom. The van der Waals surface area contributed by atoms with Crippen molar-refractivity contribution >= 4 is 0 Å². The highest BCUT2D eigenvalue weighted by Crippen LogP contribution is 2.28. The molecular formula is C6H10N4. The first-order valence-corrected chi connectivity index (χ1v) is 3.44. The Balaban J connectivity index is 2.48. The zero-order chi connectivity index (χ0) is 7.14. The number of nitrogens with zero attached hydrogens (tertiary/aromatic N) is 3. The first-order chi connectivity index (χ1) is 4.79. The molecule has 0 spiro atoms. The van der Waals surface area contributed by atoms with Crippen LogP contribution in [-0.2, 0) is 0 Å². The second-order valence-electron chi connectivity index (χ2n) is 2.75. The van der Waals surface area contributed by atoms with Crippen molar-refractivity contribution in [2.75, 3.05) is 0 Å². The highest BCUT2D eigenvalue weighted by atomic mass is 15.4. The molecule has 0 aliphatic carbocycles. The van der Waals surface area contributed by atoms with Crippen molar-refractivity contribution in [3.63, 3.8) is 0 Å². The minimum atomic E-state index is 0.0949. The van der Waals surface area contributed by atoms with Crippen LogP contribution in [-0.4, -0.2) is 14.8 Å². The molecule has 1 aromatic rings. The molecule has 2 atom stereocenters. The molecule has 1 aliphatic rings. The lowest BCUT2D eigenvalue weighted by atomic mass is 10.2. The predicted molar refractivity (Wildman–Crippen MR) is 36.3 cm³/mol. The van der Waals surface area contributed by atoms with E-state index in [0.29, 0.717) is 6.04 Å². The van der Waals surface area contributed by atoms with Crippen molar-refractivity contribution in [3.8, 4) is 0 Å². The summed E-state index contributed by atoms with van der Waals surface area (Å²) in [5, 5.41) is 4.05. The van der Waals surface area contributed by atoms with E-state index in [1.165, 1.54) is 0 Å². The Morgan fingerprint density at radius 1 is 1.80 bits per heavy atom. The third-order valence-electron chi connectivity index (χ3n) is 1.94. The maximum absolute atomic E-state index is 5.76. The first kappa shape index (κ1) is 5.85. The van der Waals surface area contributed by atoms with Gasteiger partial charge < -0.3 is 5.73 Å². The summed E-state index contributed by atoms with van der Waals surface area (Å²) >= 11 is 0. The number of aromatic nitrogens is 3. The molecule has 0 amide bonds. The summed E-state index contributed by atoms with van der Waals surface area (Å²) in [7, 11) is 0. The van der Waals surface area contributed by atoms with Gasteiger partial charge in [-0.2, -0.15) is 5.10 Å². The van der Waals surface area contributed by atoms with Crippen LogP contribution in [0, 0.1) is 0 Å². The predicted octanol–water partition coefficient (Wildman–Crippen LogP) is 0.243. The number of hydrogen-bond donors (Lipinski definition) is 1. The lowest BCUT2D eigenvalue weighted by Gasteiger charge is -2.00. The fourth-order valence-corrected chi connectivity index (χ4v) is 1.44. The van der Waals surface area contributed by atoms with Gasteiger partial charge in [0, 0.05) is 0 Å². The van der Waals surface area contributed by atoms with Crippen LogP contribution in [0.15, 0.2) is 6.33 Å². The standard InChI is InChI=1S/C6H10N4/c1-4-2-5(7)6-8-3-9-10(4)6/h3-5H,2,7H2,1H3. The van der Waals surface area contributed by atoms with E-state index in [-0.39, 0.29) is 6.04 Å². The first-order valence-electron chi connectivity index (χ1n) is 3.44. The fourth-order valence-electron chi connectivity index (χ4n) is 1.44. The van der Waals surface area contributed by atoms with Crippen LogP contribution in [0.1, 0.15) is 31.3 Å². The molecule has 0 fully saturated rings. The Kier molecular flexibility index (Phi) is 1.05. The second kappa shape index (κ2) is 1.79. The van der Waals surface area contributed by atoms with Crippen molar-refractivity contribution in [2.24, 2.45) is 5.73 Å². The van der Waals surface area contributed by atoms with Gasteiger partial charge >= 0.3 is 0 Å². The minimum Gasteiger partial charge on any atom is -0.321 e. The van der Waals surface area contributed by atoms with Crippen molar-refractivity contribution in [2.45, 2.75) is 25.4 Å². The van der Waals surface area contributed by atoms with Crippen molar-refractivity contribution in [3.05, 3.63) is 12.2 Å². The van der Waals surface area contributed by atoms with Crippen molar-refractivity contribution in [1.82, 2.24) is 14.8 Å². The fraction of sp³-hybridized carbons (Fsp3) is 0.667. The van der Waals surface area contributed by atoms with Crippen molar-refractivity contribution < 1.29 is 0 Å². The summed E-state index contributed by atoms with van der Waals surface area (Å²) < 4.78 is 1.89. The molecule has 2 rings (SSSR count). The van der Waals surface area contributed by atoms with E-state index in [4.69, 9.17) is 5.73 Å². The highest BCUT2D eigenvalue weighted by Gasteiger charge is 2.26. The monoisotopic (exact) mass is 138 g/mol. The number of hydrogen-bond acceptors (Lipinski definition) is 3. The molecule has 1 aromatic heterocycles. The zero-order valence-electron chi connectivity index (χ0n) is 5.86. The van der Waals surface area contributed by atoms with Gasteiger partial charge in [0.25, 0.3) is 0 Å². The van der Waals surface area contributed by atoms with E-state index in [1.54, 1.807) is 6.33 Å². The average molecular weight is 138 g/mol. The van der Waals surface area contributed by atoms with E-state index in [9.17, 15) is 0 Å². The average Bonchev–Trinajstić information content (AvgIpc) is 2.39. The highest BCUT2D eigenvalue weighted by molar-refractivity contribution is 5.01. The van der Waals surface area contributed by atoms with Gasteiger partial charge in [-0.3, -0.25) is 0 Å². The quantitative estimate of drug-likeness (QED) is 0.558. The second-order valence-corrected chi connectivity index (χ2v) is 2.75. The van der Waals surface area contributed by atoms with Crippen LogP contribution in [0.2, 0.25) is 0 Å². The molecule has 0 saturated heterocycles. The number of rotatable bonds is 0. The molecule has 0 bridgehead atoms. The minimum absolute atomic E-state index is 0.0949. The van der Waals surface area contributed by atoms with Gasteiger partial charge in [-0.15, -0.1) is 0 Å². The van der Waals surface area contributed by atoms with Crippen LogP contribution in [0.5, 0.6) is 0 Å². The normalized spacial score (nSPS) is 30.6. The Hall–Kier alpha value is -0.900. The third-order valence-corrected chi connectivity index (χ3v) is 1.94. The molecule has 10 heavy (non-hydrogen) atoms. The molecule has 4 nitrogen and oxygen atoms in total. The molecule has 4 heteroatoms. The molecule has 1 aliphatic heterocycles. The molecule has 0 saturated carbocycles. The van der Waals surface area contributed by atoms with E-state index in [2.05, 4.69) is 17.0 Å². The number of nitrogens with two attached hydrogens (primary N) is 1. The summed E-state index contributed by atoms with van der Waals surface area (Å²) in [6, 6.07) is 0.519. The van der Waals surface area contributed by atoms with Crippen LogP contribution >= 0.6 is 0 Å². The van der Waals surface area contributed by atoms with Gasteiger partial charge in [-0.05, 0) is 13.3 Å². The molecule has 2 heterocycles. The van der Waals surface area contributed by atoms with Crippen molar-refractivity contribution in [1.29, 1.82) is 0 Å². The molecule has 0 radical (unpaired) electrons. The van der Waals surface area contributed by atoms with Gasteiger partial charge in [-0.1, -0.05) is 0 Å². The molecule has 2 unspecified atom stereocenters. The van der Waals surface area contributed by atoms with Crippen LogP contribution in [0.25, 0.3) is 0 Å². The summed E-state index contributed by atoms with van der Waals surface area (Å²) in [6.07, 6.45) is 2.53. The Labute approximate surface area is 59.1 Å². The van der Waals surface area contributed by atoms with Crippen LogP contribution < -0.4 is 5.73 Å². The van der Waals surface area contributed by atoms with Gasteiger partial charge in [0.1, 0.15) is 12.2 Å². The van der Waals surface area contributed by atoms with Crippen LogP contribution in [0.3, 0.4) is 0 Å². The van der Waals surface area contributed by atoms with E-state index in [1.807, 2.05) is 4.68 Å². The maximum atomic E-state index is 5.76. The zero-order valence-corrected chi connectivity index (χ0v) is 5.86. The van der Waals surface area contributed by atoms with E-state index >= 15 is 0 Å². The maximum Gasteiger partial charge on any atom is 0.144 e. The molecular weight excluding hydrogens is 128 g/mol. The summed E-state index contributed by atoms with van der Waals surface area (Å²) in [5.74, 6) is 0.924.